The number of furan rings is 3. The molecular weight excluding hydrogens is 1830 g/mol. The third kappa shape index (κ3) is 17.3. The number of para-hydroxylation sites is 6. The van der Waals surface area contributed by atoms with E-state index in [-0.39, 0.29) is 0 Å². The van der Waals surface area contributed by atoms with E-state index in [0.29, 0.717) is 5.82 Å². The Bertz CT molecular complexity index is 9700. The van der Waals surface area contributed by atoms with Crippen molar-refractivity contribution in [3.63, 3.8) is 0 Å². The molecule has 13 nitrogen and oxygen atoms in total. The molecule has 0 atom stereocenters. The average Bonchev–Trinajstić information content (AvgIpc) is 1.60. The summed E-state index contributed by atoms with van der Waals surface area (Å²) in [6.07, 6.45) is 3.59. The van der Waals surface area contributed by atoms with Crippen molar-refractivity contribution in [3.05, 3.63) is 534 Å². The van der Waals surface area contributed by atoms with Crippen molar-refractivity contribution >= 4 is 76.6 Å². The fourth-order valence-electron chi connectivity index (χ4n) is 20.4. The van der Waals surface area contributed by atoms with Gasteiger partial charge in [-0.05, 0) is 136 Å². The SMILES string of the molecule is c1ccc(-c2cc(-c3cccc(-c4cccc(-c5c(-c6ccccc6)oc6c(-c7ccccc7)nc7ccccc7c56)c4)c3)nc(-c3ccccc3)n2)cc1.c1ccc(-c2oc3c(-c4ccccc4)nc4ccccc4c3c2-c2ccc(-c3cc(-c4ccccn4)nc(-c4ccccn4)c3)cc2)cc1.c1ccc(-c2oc3c(-c4ccccc4)nc4ccccc4c3c2-c2ccc(-c3nc4ccccc4n3-c3ccccc3)cc2)cc1. The summed E-state index contributed by atoms with van der Waals surface area (Å²) in [6.45, 7) is 0. The van der Waals surface area contributed by atoms with Crippen LogP contribution in [0.25, 0.3) is 274 Å². The molecule has 704 valence electrons. The normalized spacial score (nSPS) is 11.3. The number of hydrogen-bond acceptors (Lipinski definition) is 12. The molecule has 0 bridgehead atoms. The van der Waals surface area contributed by atoms with Crippen LogP contribution in [0.15, 0.2) is 547 Å². The Labute approximate surface area is 864 Å². The van der Waals surface area contributed by atoms with Crippen molar-refractivity contribution in [2.45, 2.75) is 0 Å². The topological polar surface area (TPSA) is 160 Å². The average molecular weight is 1920 g/mol. The first-order valence-corrected chi connectivity index (χ1v) is 50.1. The van der Waals surface area contributed by atoms with E-state index in [4.69, 9.17) is 48.1 Å². The molecule has 17 aromatic carbocycles. The van der Waals surface area contributed by atoms with Crippen molar-refractivity contribution in [1.29, 1.82) is 0 Å². The maximum Gasteiger partial charge on any atom is 0.162 e. The molecular formula is C137H88N10O3. The Morgan fingerprint density at radius 3 is 0.913 bits per heavy atom. The van der Waals surface area contributed by atoms with Crippen LogP contribution in [0.2, 0.25) is 0 Å². The van der Waals surface area contributed by atoms with Crippen LogP contribution in [0.5, 0.6) is 0 Å². The summed E-state index contributed by atoms with van der Waals surface area (Å²) in [6, 6.07) is 179. The second kappa shape index (κ2) is 39.7. The molecule has 28 rings (SSSR count). The molecule has 0 spiro atoms. The highest BCUT2D eigenvalue weighted by Gasteiger charge is 2.30. The summed E-state index contributed by atoms with van der Waals surface area (Å²) >= 11 is 0. The lowest BCUT2D eigenvalue weighted by molar-refractivity contribution is 0.632. The first-order valence-electron chi connectivity index (χ1n) is 50.1. The Balaban J connectivity index is 0.000000114. The Morgan fingerprint density at radius 1 is 0.173 bits per heavy atom. The number of nitrogens with zero attached hydrogens (tertiary/aromatic N) is 10. The van der Waals surface area contributed by atoms with Gasteiger partial charge in [0.15, 0.2) is 22.6 Å². The maximum atomic E-state index is 6.97. The molecule has 0 amide bonds. The van der Waals surface area contributed by atoms with E-state index in [1.165, 1.54) is 0 Å². The summed E-state index contributed by atoms with van der Waals surface area (Å²) in [5, 5.41) is 6.33. The van der Waals surface area contributed by atoms with Crippen molar-refractivity contribution in [1.82, 2.24) is 49.4 Å². The minimum absolute atomic E-state index is 0.696. The molecule has 0 aliphatic heterocycles. The van der Waals surface area contributed by atoms with Gasteiger partial charge < -0.3 is 13.3 Å². The van der Waals surface area contributed by atoms with Gasteiger partial charge in [0.1, 0.15) is 40.2 Å². The Kier molecular flexibility index (Phi) is 23.7. The highest BCUT2D eigenvalue weighted by molar-refractivity contribution is 6.21. The van der Waals surface area contributed by atoms with E-state index in [1.54, 1.807) is 12.4 Å². The number of benzene rings is 17. The van der Waals surface area contributed by atoms with Gasteiger partial charge in [-0.2, -0.15) is 0 Å². The first kappa shape index (κ1) is 89.7. The van der Waals surface area contributed by atoms with E-state index in [9.17, 15) is 0 Å². The van der Waals surface area contributed by atoms with E-state index in [2.05, 4.69) is 348 Å². The lowest BCUT2D eigenvalue weighted by atomic mass is 9.93. The van der Waals surface area contributed by atoms with Gasteiger partial charge in [-0.1, -0.05) is 425 Å². The summed E-state index contributed by atoms with van der Waals surface area (Å²) in [5.41, 5.74) is 36.5. The summed E-state index contributed by atoms with van der Waals surface area (Å²) in [4.78, 5) is 44.7. The molecule has 0 radical (unpaired) electrons. The smallest absolute Gasteiger partial charge is 0.162 e. The molecule has 0 fully saturated rings. The van der Waals surface area contributed by atoms with Gasteiger partial charge >= 0.3 is 0 Å². The molecule has 11 heterocycles. The molecule has 28 aromatic rings. The maximum absolute atomic E-state index is 6.97. The minimum Gasteiger partial charge on any atom is -0.453 e. The Hall–Kier alpha value is -20.4. The fourth-order valence-corrected chi connectivity index (χ4v) is 20.4. The van der Waals surface area contributed by atoms with E-state index in [0.717, 1.165) is 268 Å². The number of imidazole rings is 1. The van der Waals surface area contributed by atoms with Crippen LogP contribution in [-0.4, -0.2) is 49.4 Å². The van der Waals surface area contributed by atoms with Crippen LogP contribution in [0.3, 0.4) is 0 Å². The van der Waals surface area contributed by atoms with Gasteiger partial charge in [-0.15, -0.1) is 0 Å². The van der Waals surface area contributed by atoms with Crippen molar-refractivity contribution in [3.8, 4) is 197 Å². The summed E-state index contributed by atoms with van der Waals surface area (Å²) in [5.74, 6) is 4.06. The summed E-state index contributed by atoms with van der Waals surface area (Å²) < 4.78 is 23.0. The highest BCUT2D eigenvalue weighted by Crippen LogP contribution is 2.52. The second-order valence-corrected chi connectivity index (χ2v) is 36.8. The van der Waals surface area contributed by atoms with Gasteiger partial charge in [-0.25, -0.2) is 34.9 Å². The predicted molar refractivity (Wildman–Crippen MR) is 611 cm³/mol. The number of aromatic nitrogens is 10. The first-order chi connectivity index (χ1) is 74.4. The molecule has 0 saturated heterocycles. The molecule has 11 aromatic heterocycles. The highest BCUT2D eigenvalue weighted by atomic mass is 16.3. The molecule has 150 heavy (non-hydrogen) atoms. The third-order valence-corrected chi connectivity index (χ3v) is 27.5. The van der Waals surface area contributed by atoms with Crippen LogP contribution in [0.1, 0.15) is 0 Å². The second-order valence-electron chi connectivity index (χ2n) is 36.8. The van der Waals surface area contributed by atoms with Crippen LogP contribution >= 0.6 is 0 Å². The van der Waals surface area contributed by atoms with Crippen LogP contribution in [0, 0.1) is 0 Å². The van der Waals surface area contributed by atoms with Crippen LogP contribution in [0.4, 0.5) is 0 Å². The van der Waals surface area contributed by atoms with Gasteiger partial charge in [0.05, 0.1) is 61.7 Å². The zero-order valence-electron chi connectivity index (χ0n) is 81.0. The number of rotatable bonds is 18. The van der Waals surface area contributed by atoms with E-state index >= 15 is 0 Å². The van der Waals surface area contributed by atoms with Crippen molar-refractivity contribution in [2.75, 3.05) is 0 Å². The molecule has 0 saturated carbocycles. The lowest BCUT2D eigenvalue weighted by Crippen LogP contribution is -1.97. The molecule has 0 aliphatic rings. The molecule has 0 N–H and O–H groups in total. The fraction of sp³-hybridized carbons (Fsp3) is 0. The number of fused-ring (bicyclic) bond motifs is 10. The third-order valence-electron chi connectivity index (χ3n) is 27.5. The van der Waals surface area contributed by atoms with Crippen molar-refractivity contribution in [2.24, 2.45) is 0 Å². The molecule has 0 aliphatic carbocycles. The number of pyridine rings is 6. The lowest BCUT2D eigenvalue weighted by Gasteiger charge is -2.12. The van der Waals surface area contributed by atoms with Gasteiger partial charge in [0, 0.05) is 123 Å². The quantitative estimate of drug-likeness (QED) is 0.0801. The largest absolute Gasteiger partial charge is 0.453 e. The zero-order valence-corrected chi connectivity index (χ0v) is 81.0. The minimum atomic E-state index is 0.696. The molecule has 13 heteroatoms. The van der Waals surface area contributed by atoms with Gasteiger partial charge in [0.2, 0.25) is 0 Å². The van der Waals surface area contributed by atoms with Gasteiger partial charge in [-0.3, -0.25) is 14.5 Å². The predicted octanol–water partition coefficient (Wildman–Crippen LogP) is 35.6. The van der Waals surface area contributed by atoms with Crippen LogP contribution < -0.4 is 0 Å². The molecule has 0 unspecified atom stereocenters. The zero-order chi connectivity index (χ0) is 99.6. The summed E-state index contributed by atoms with van der Waals surface area (Å²) in [7, 11) is 0. The van der Waals surface area contributed by atoms with Crippen LogP contribution in [-0.2, 0) is 0 Å². The standard InChI is InChI=1S/C51H33N3O.C44H28N4O.C42H27N3O/c1-5-17-34(18-6-1)44-33-45(54-51(53-44)37-23-11-4-12-24-37)40-27-15-25-38(31-40)39-26-16-28-41(32-39)46-47-42-29-13-14-30-43(42)52-48(35-19-7-2-8-20-35)50(47)55-49(46)36-21-9-3-10-22-36;1-3-13-31(14-4-1)42-44-41(34-17-7-8-18-35(34)48-42)40(43(49-44)32-15-5-2-6-16-32)30-23-21-29(22-24-30)33-27-38(36-19-9-11-25-45-36)47-39(28-33)37-20-10-12-26-46-37;1-4-14-29(15-5-1)39-41-38(33-20-10-11-21-34(33)43-39)37(40(46-41)30-16-6-2-7-17-30)28-24-26-31(27-25-28)42-44-35-22-12-13-23-36(35)45(42)32-18-8-3-9-19-32/h1-33H;1-28H;1-27H. The number of hydrogen-bond donors (Lipinski definition) is 0. The Morgan fingerprint density at radius 2 is 0.493 bits per heavy atom. The van der Waals surface area contributed by atoms with E-state index in [1.807, 2.05) is 188 Å². The van der Waals surface area contributed by atoms with Gasteiger partial charge in [0.25, 0.3) is 0 Å². The van der Waals surface area contributed by atoms with Crippen molar-refractivity contribution < 1.29 is 13.3 Å². The van der Waals surface area contributed by atoms with E-state index < -0.39 is 0 Å². The monoisotopic (exact) mass is 1920 g/mol.